The van der Waals surface area contributed by atoms with Gasteiger partial charge in [0.25, 0.3) is 0 Å². The molecule has 0 amide bonds. The van der Waals surface area contributed by atoms with Gasteiger partial charge in [-0.05, 0) is 32.0 Å². The van der Waals surface area contributed by atoms with Gasteiger partial charge in [-0.2, -0.15) is 0 Å². The number of anilines is 1. The van der Waals surface area contributed by atoms with E-state index in [0.717, 1.165) is 22.2 Å². The van der Waals surface area contributed by atoms with Crippen molar-refractivity contribution in [2.24, 2.45) is 0 Å². The Balaban J connectivity index is 1.96. The third-order valence-corrected chi connectivity index (χ3v) is 3.71. The average Bonchev–Trinajstić information content (AvgIpc) is 2.86. The summed E-state index contributed by atoms with van der Waals surface area (Å²) >= 11 is 0. The van der Waals surface area contributed by atoms with Crippen LogP contribution in [0.4, 0.5) is 10.1 Å². The van der Waals surface area contributed by atoms with Gasteiger partial charge in [0.2, 0.25) is 0 Å². The van der Waals surface area contributed by atoms with E-state index in [4.69, 9.17) is 10.5 Å². The van der Waals surface area contributed by atoms with E-state index in [9.17, 15) is 4.39 Å². The van der Waals surface area contributed by atoms with Gasteiger partial charge < -0.3 is 15.0 Å². The quantitative estimate of drug-likeness (QED) is 0.719. The third-order valence-electron chi connectivity index (χ3n) is 3.71. The number of nitrogens with zero attached hydrogens (tertiary/aromatic N) is 1. The first-order chi connectivity index (χ1) is 10.6. The summed E-state index contributed by atoms with van der Waals surface area (Å²) in [5, 5.41) is 1.07. The average molecular weight is 298 g/mol. The molecule has 0 aliphatic carbocycles. The molecule has 3 aromatic rings. The molecule has 0 unspecified atom stereocenters. The maximum Gasteiger partial charge on any atom is 0.126 e. The molecule has 0 bridgehead atoms. The zero-order chi connectivity index (χ0) is 15.7. The molecule has 0 atom stereocenters. The lowest BCUT2D eigenvalue weighted by Crippen LogP contribution is -2.00. The van der Waals surface area contributed by atoms with Crippen LogP contribution in [0.5, 0.6) is 5.75 Å². The van der Waals surface area contributed by atoms with Gasteiger partial charge in [0.15, 0.2) is 0 Å². The Kier molecular flexibility index (Phi) is 3.75. The van der Waals surface area contributed by atoms with Crippen LogP contribution in [0, 0.1) is 5.82 Å². The molecule has 0 saturated heterocycles. The second kappa shape index (κ2) is 5.72. The molecular weight excluding hydrogens is 279 g/mol. The molecule has 1 heterocycles. The summed E-state index contributed by atoms with van der Waals surface area (Å²) in [4.78, 5) is 0. The summed E-state index contributed by atoms with van der Waals surface area (Å²) in [6.07, 6.45) is 2.06. The summed E-state index contributed by atoms with van der Waals surface area (Å²) in [6.45, 7) is 4.61. The summed E-state index contributed by atoms with van der Waals surface area (Å²) in [7, 11) is 0. The molecule has 2 aromatic carbocycles. The van der Waals surface area contributed by atoms with Gasteiger partial charge in [-0.3, -0.25) is 0 Å². The maximum absolute atomic E-state index is 13.2. The van der Waals surface area contributed by atoms with Gasteiger partial charge in [-0.1, -0.05) is 18.2 Å². The number of aromatic nitrogens is 1. The van der Waals surface area contributed by atoms with Crippen molar-refractivity contribution < 1.29 is 9.13 Å². The van der Waals surface area contributed by atoms with E-state index in [2.05, 4.69) is 24.6 Å². The molecule has 22 heavy (non-hydrogen) atoms. The van der Waals surface area contributed by atoms with E-state index < -0.39 is 0 Å². The van der Waals surface area contributed by atoms with E-state index >= 15 is 0 Å². The van der Waals surface area contributed by atoms with Crippen LogP contribution in [-0.4, -0.2) is 4.57 Å². The van der Waals surface area contributed by atoms with Crippen molar-refractivity contribution in [1.82, 2.24) is 4.57 Å². The first kappa shape index (κ1) is 14.4. The van der Waals surface area contributed by atoms with Gasteiger partial charge >= 0.3 is 0 Å². The Morgan fingerprint density at radius 2 is 1.95 bits per heavy atom. The SMILES string of the molecule is CC(C)n1cc(COc2cccc(F)c2)c2cccc(N)c21. The largest absolute Gasteiger partial charge is 0.489 e. The van der Waals surface area contributed by atoms with Gasteiger partial charge in [-0.25, -0.2) is 4.39 Å². The zero-order valence-electron chi connectivity index (χ0n) is 12.7. The number of nitrogen functional groups attached to an aromatic ring is 1. The fourth-order valence-electron chi connectivity index (χ4n) is 2.65. The van der Waals surface area contributed by atoms with Crippen molar-refractivity contribution in [3.63, 3.8) is 0 Å². The normalized spacial score (nSPS) is 11.3. The molecule has 0 aliphatic rings. The lowest BCUT2D eigenvalue weighted by atomic mass is 10.1. The Hall–Kier alpha value is -2.49. The van der Waals surface area contributed by atoms with Crippen molar-refractivity contribution in [1.29, 1.82) is 0 Å². The minimum absolute atomic E-state index is 0.300. The second-order valence-corrected chi connectivity index (χ2v) is 5.64. The summed E-state index contributed by atoms with van der Waals surface area (Å²) in [6, 6.07) is 12.4. The minimum atomic E-state index is -0.300. The van der Waals surface area contributed by atoms with Crippen LogP contribution in [0.25, 0.3) is 10.9 Å². The monoisotopic (exact) mass is 298 g/mol. The van der Waals surface area contributed by atoms with Crippen LogP contribution in [0.3, 0.4) is 0 Å². The number of benzene rings is 2. The lowest BCUT2D eigenvalue weighted by Gasteiger charge is -2.10. The van der Waals surface area contributed by atoms with Crippen molar-refractivity contribution >= 4 is 16.6 Å². The molecule has 0 fully saturated rings. The number of ether oxygens (including phenoxy) is 1. The highest BCUT2D eigenvalue weighted by Crippen LogP contribution is 2.30. The number of halogens is 1. The van der Waals surface area contributed by atoms with Crippen LogP contribution < -0.4 is 10.5 Å². The number of fused-ring (bicyclic) bond motifs is 1. The Labute approximate surface area is 129 Å². The van der Waals surface area contributed by atoms with Crippen LogP contribution >= 0.6 is 0 Å². The molecule has 0 aliphatic heterocycles. The maximum atomic E-state index is 13.2. The van der Waals surface area contributed by atoms with Crippen molar-refractivity contribution in [2.45, 2.75) is 26.5 Å². The molecule has 0 spiro atoms. The lowest BCUT2D eigenvalue weighted by molar-refractivity contribution is 0.305. The number of para-hydroxylation sites is 1. The van der Waals surface area contributed by atoms with Gasteiger partial charge in [0.1, 0.15) is 18.2 Å². The second-order valence-electron chi connectivity index (χ2n) is 5.64. The summed E-state index contributed by atoms with van der Waals surface area (Å²) in [5.74, 6) is 0.223. The topological polar surface area (TPSA) is 40.2 Å². The van der Waals surface area contributed by atoms with Gasteiger partial charge in [0.05, 0.1) is 11.2 Å². The fourth-order valence-corrected chi connectivity index (χ4v) is 2.65. The van der Waals surface area contributed by atoms with Crippen LogP contribution in [0.2, 0.25) is 0 Å². The smallest absolute Gasteiger partial charge is 0.126 e. The predicted molar refractivity (Wildman–Crippen MR) is 87.5 cm³/mol. The number of hydrogen-bond acceptors (Lipinski definition) is 2. The molecule has 1 aromatic heterocycles. The zero-order valence-corrected chi connectivity index (χ0v) is 12.7. The van der Waals surface area contributed by atoms with Crippen molar-refractivity contribution in [3.05, 3.63) is 60.0 Å². The van der Waals surface area contributed by atoms with Crippen molar-refractivity contribution in [2.75, 3.05) is 5.73 Å². The molecule has 3 rings (SSSR count). The summed E-state index contributed by atoms with van der Waals surface area (Å²) < 4.78 is 21.1. The highest BCUT2D eigenvalue weighted by molar-refractivity contribution is 5.93. The molecule has 2 N–H and O–H groups in total. The highest BCUT2D eigenvalue weighted by Gasteiger charge is 2.13. The fraction of sp³-hybridized carbons (Fsp3) is 0.222. The molecule has 0 radical (unpaired) electrons. The number of hydrogen-bond donors (Lipinski definition) is 1. The predicted octanol–water partition coefficient (Wildman–Crippen LogP) is 4.52. The Morgan fingerprint density at radius 3 is 2.68 bits per heavy atom. The number of nitrogens with two attached hydrogens (primary N) is 1. The molecule has 3 nitrogen and oxygen atoms in total. The third kappa shape index (κ3) is 2.64. The van der Waals surface area contributed by atoms with E-state index in [1.54, 1.807) is 12.1 Å². The van der Waals surface area contributed by atoms with Crippen LogP contribution in [0.1, 0.15) is 25.5 Å². The van der Waals surface area contributed by atoms with E-state index in [0.29, 0.717) is 18.4 Å². The van der Waals surface area contributed by atoms with Gasteiger partial charge in [0, 0.05) is 29.3 Å². The van der Waals surface area contributed by atoms with E-state index in [-0.39, 0.29) is 5.82 Å². The highest BCUT2D eigenvalue weighted by atomic mass is 19.1. The Morgan fingerprint density at radius 1 is 1.18 bits per heavy atom. The van der Waals surface area contributed by atoms with Crippen molar-refractivity contribution in [3.8, 4) is 5.75 Å². The standard InChI is InChI=1S/C18H19FN2O/c1-12(2)21-10-13(16-7-4-8-17(20)18(16)21)11-22-15-6-3-5-14(19)9-15/h3-10,12H,11,20H2,1-2H3. The van der Waals surface area contributed by atoms with Gasteiger partial charge in [-0.15, -0.1) is 0 Å². The molecule has 4 heteroatoms. The first-order valence-corrected chi connectivity index (χ1v) is 7.32. The molecule has 114 valence electrons. The number of rotatable bonds is 4. The summed E-state index contributed by atoms with van der Waals surface area (Å²) in [5.41, 5.74) is 8.94. The van der Waals surface area contributed by atoms with Crippen LogP contribution in [0.15, 0.2) is 48.7 Å². The van der Waals surface area contributed by atoms with E-state index in [1.807, 2.05) is 18.2 Å². The molecular formula is C18H19FN2O. The molecule has 0 saturated carbocycles. The van der Waals surface area contributed by atoms with Crippen LogP contribution in [-0.2, 0) is 6.61 Å². The first-order valence-electron chi connectivity index (χ1n) is 7.32. The minimum Gasteiger partial charge on any atom is -0.489 e. The Bertz CT molecular complexity index is 808. The van der Waals surface area contributed by atoms with E-state index in [1.165, 1.54) is 12.1 Å².